The van der Waals surface area contributed by atoms with Crippen molar-refractivity contribution >= 4 is 17.5 Å². The molecule has 1 aliphatic carbocycles. The number of carbonyl (C=O) groups excluding carboxylic acids is 2. The summed E-state index contributed by atoms with van der Waals surface area (Å²) >= 11 is 0. The summed E-state index contributed by atoms with van der Waals surface area (Å²) in [7, 11) is 0. The lowest BCUT2D eigenvalue weighted by molar-refractivity contribution is -0.114. The van der Waals surface area contributed by atoms with Crippen molar-refractivity contribution in [3.8, 4) is 0 Å². The minimum atomic E-state index is -0.110. The molecule has 0 spiro atoms. The van der Waals surface area contributed by atoms with Gasteiger partial charge in [0.2, 0.25) is 5.91 Å². The summed E-state index contributed by atoms with van der Waals surface area (Å²) in [6, 6.07) is 7.32. The number of rotatable bonds is 3. The van der Waals surface area contributed by atoms with Crippen LogP contribution in [0.2, 0.25) is 0 Å². The number of benzene rings is 1. The highest BCUT2D eigenvalue weighted by Gasteiger charge is 2.15. The Bertz CT molecular complexity index is 474. The third-order valence-corrected chi connectivity index (χ3v) is 3.91. The molecule has 21 heavy (non-hydrogen) atoms. The lowest BCUT2D eigenvalue weighted by Crippen LogP contribution is -2.35. The van der Waals surface area contributed by atoms with E-state index >= 15 is 0 Å². The van der Waals surface area contributed by atoms with Crippen LogP contribution in [0.15, 0.2) is 24.3 Å². The molecule has 0 aliphatic heterocycles. The number of carbonyl (C=O) groups is 2. The molecule has 114 valence electrons. The Kier molecular flexibility index (Phi) is 5.78. The van der Waals surface area contributed by atoms with Gasteiger partial charge in [0.05, 0.1) is 0 Å². The first kappa shape index (κ1) is 15.5. The Balaban J connectivity index is 1.91. The maximum absolute atomic E-state index is 12.2. The average molecular weight is 288 g/mol. The second-order valence-corrected chi connectivity index (χ2v) is 5.77. The lowest BCUT2D eigenvalue weighted by Gasteiger charge is -2.21. The van der Waals surface area contributed by atoms with Crippen molar-refractivity contribution in [1.29, 1.82) is 0 Å². The monoisotopic (exact) mass is 288 g/mol. The van der Waals surface area contributed by atoms with Crippen LogP contribution in [-0.4, -0.2) is 17.9 Å². The average Bonchev–Trinajstić information content (AvgIpc) is 2.41. The molecule has 0 bridgehead atoms. The van der Waals surface area contributed by atoms with Gasteiger partial charge in [0, 0.05) is 24.2 Å². The summed E-state index contributed by atoms with van der Waals surface area (Å²) in [4.78, 5) is 23.2. The second-order valence-electron chi connectivity index (χ2n) is 5.77. The van der Waals surface area contributed by atoms with Crippen LogP contribution >= 0.6 is 0 Å². The number of hydrogen-bond acceptors (Lipinski definition) is 2. The maximum Gasteiger partial charge on any atom is 0.251 e. The molecule has 1 aliphatic rings. The molecule has 4 nitrogen and oxygen atoms in total. The van der Waals surface area contributed by atoms with Gasteiger partial charge in [-0.05, 0) is 37.1 Å². The first-order valence-corrected chi connectivity index (χ1v) is 7.83. The largest absolute Gasteiger partial charge is 0.349 e. The molecule has 0 unspecified atom stereocenters. The van der Waals surface area contributed by atoms with Crippen molar-refractivity contribution < 1.29 is 9.59 Å². The van der Waals surface area contributed by atoms with Crippen LogP contribution in [0.5, 0.6) is 0 Å². The van der Waals surface area contributed by atoms with Gasteiger partial charge in [0.15, 0.2) is 0 Å². The zero-order valence-corrected chi connectivity index (χ0v) is 12.7. The van der Waals surface area contributed by atoms with Crippen LogP contribution < -0.4 is 10.6 Å². The highest BCUT2D eigenvalue weighted by Crippen LogP contribution is 2.18. The summed E-state index contributed by atoms with van der Waals surface area (Å²) in [5, 5.41) is 5.83. The molecule has 1 aromatic rings. The standard InChI is InChI=1S/C17H24N2O2/c1-13(20)18-16-11-9-14(10-12-16)17(21)19-15-7-5-3-2-4-6-8-15/h9-12,15H,2-8H2,1H3,(H,18,20)(H,19,21). The topological polar surface area (TPSA) is 58.2 Å². The van der Waals surface area contributed by atoms with E-state index in [1.54, 1.807) is 24.3 Å². The summed E-state index contributed by atoms with van der Waals surface area (Å²) in [6.07, 6.45) is 8.44. The highest BCUT2D eigenvalue weighted by molar-refractivity contribution is 5.95. The van der Waals surface area contributed by atoms with Gasteiger partial charge in [-0.25, -0.2) is 0 Å². The van der Waals surface area contributed by atoms with Crippen molar-refractivity contribution in [3.63, 3.8) is 0 Å². The van der Waals surface area contributed by atoms with E-state index in [1.807, 2.05) is 0 Å². The fraction of sp³-hybridized carbons (Fsp3) is 0.529. The zero-order valence-electron chi connectivity index (χ0n) is 12.7. The van der Waals surface area contributed by atoms with E-state index in [9.17, 15) is 9.59 Å². The number of hydrogen-bond donors (Lipinski definition) is 2. The van der Waals surface area contributed by atoms with Crippen LogP contribution in [0.3, 0.4) is 0 Å². The number of anilines is 1. The van der Waals surface area contributed by atoms with Gasteiger partial charge in [0.1, 0.15) is 0 Å². The van der Waals surface area contributed by atoms with Crippen molar-refractivity contribution in [2.24, 2.45) is 0 Å². The van der Waals surface area contributed by atoms with Crippen LogP contribution in [-0.2, 0) is 4.79 Å². The fourth-order valence-corrected chi connectivity index (χ4v) is 2.78. The Morgan fingerprint density at radius 1 is 0.952 bits per heavy atom. The Labute approximate surface area is 126 Å². The Hall–Kier alpha value is -1.84. The molecule has 1 aromatic carbocycles. The number of amides is 2. The van der Waals surface area contributed by atoms with Gasteiger partial charge >= 0.3 is 0 Å². The predicted octanol–water partition coefficient (Wildman–Crippen LogP) is 3.49. The number of nitrogens with one attached hydrogen (secondary N) is 2. The van der Waals surface area contributed by atoms with Gasteiger partial charge in [-0.2, -0.15) is 0 Å². The van der Waals surface area contributed by atoms with E-state index < -0.39 is 0 Å². The van der Waals surface area contributed by atoms with E-state index in [4.69, 9.17) is 0 Å². The molecule has 1 fully saturated rings. The normalized spacial score (nSPS) is 16.6. The molecule has 0 heterocycles. The molecule has 2 amide bonds. The molecular formula is C17H24N2O2. The van der Waals surface area contributed by atoms with Gasteiger partial charge in [0.25, 0.3) is 5.91 Å². The lowest BCUT2D eigenvalue weighted by atomic mass is 9.96. The van der Waals surface area contributed by atoms with E-state index in [1.165, 1.54) is 39.0 Å². The van der Waals surface area contributed by atoms with E-state index in [-0.39, 0.29) is 11.8 Å². The molecule has 4 heteroatoms. The summed E-state index contributed by atoms with van der Waals surface area (Å²) < 4.78 is 0. The van der Waals surface area contributed by atoms with Gasteiger partial charge in [-0.3, -0.25) is 9.59 Å². The quantitative estimate of drug-likeness (QED) is 0.894. The predicted molar refractivity (Wildman–Crippen MR) is 84.3 cm³/mol. The second kappa shape index (κ2) is 7.81. The van der Waals surface area contributed by atoms with E-state index in [0.29, 0.717) is 17.3 Å². The molecule has 0 atom stereocenters. The molecule has 2 N–H and O–H groups in total. The summed E-state index contributed by atoms with van der Waals surface area (Å²) in [6.45, 7) is 1.47. The van der Waals surface area contributed by atoms with Gasteiger partial charge in [-0.1, -0.05) is 32.1 Å². The highest BCUT2D eigenvalue weighted by atomic mass is 16.2. The first-order chi connectivity index (χ1) is 10.1. The Morgan fingerprint density at radius 2 is 1.52 bits per heavy atom. The van der Waals surface area contributed by atoms with Crippen LogP contribution in [0.1, 0.15) is 62.2 Å². The van der Waals surface area contributed by atoms with Crippen LogP contribution in [0.25, 0.3) is 0 Å². The minimum Gasteiger partial charge on any atom is -0.349 e. The maximum atomic E-state index is 12.2. The molecule has 1 saturated carbocycles. The molecular weight excluding hydrogens is 264 g/mol. The SMILES string of the molecule is CC(=O)Nc1ccc(C(=O)NC2CCCCCCC2)cc1. The first-order valence-electron chi connectivity index (χ1n) is 7.83. The van der Waals surface area contributed by atoms with E-state index in [0.717, 1.165) is 12.8 Å². The zero-order chi connectivity index (χ0) is 15.1. The van der Waals surface area contributed by atoms with Crippen molar-refractivity contribution in [2.75, 3.05) is 5.32 Å². The summed E-state index contributed by atoms with van der Waals surface area (Å²) in [5.74, 6) is -0.128. The van der Waals surface area contributed by atoms with Crippen LogP contribution in [0, 0.1) is 0 Å². The fourth-order valence-electron chi connectivity index (χ4n) is 2.78. The molecule has 0 radical (unpaired) electrons. The third kappa shape index (κ3) is 5.21. The van der Waals surface area contributed by atoms with Gasteiger partial charge < -0.3 is 10.6 Å². The Morgan fingerprint density at radius 3 is 2.10 bits per heavy atom. The molecule has 2 rings (SSSR count). The molecule has 0 saturated heterocycles. The summed E-state index contributed by atoms with van der Waals surface area (Å²) in [5.41, 5.74) is 1.36. The molecule has 0 aromatic heterocycles. The minimum absolute atomic E-state index is 0.0186. The van der Waals surface area contributed by atoms with Crippen LogP contribution in [0.4, 0.5) is 5.69 Å². The van der Waals surface area contributed by atoms with E-state index in [2.05, 4.69) is 10.6 Å². The van der Waals surface area contributed by atoms with Crippen molar-refractivity contribution in [3.05, 3.63) is 29.8 Å². The van der Waals surface area contributed by atoms with Crippen molar-refractivity contribution in [2.45, 2.75) is 57.9 Å². The third-order valence-electron chi connectivity index (χ3n) is 3.91. The smallest absolute Gasteiger partial charge is 0.251 e. The van der Waals surface area contributed by atoms with Gasteiger partial charge in [-0.15, -0.1) is 0 Å². The van der Waals surface area contributed by atoms with Crippen molar-refractivity contribution in [1.82, 2.24) is 5.32 Å².